The molecule has 1 aliphatic heterocycles. The molecule has 0 bridgehead atoms. The van der Waals surface area contributed by atoms with Crippen LogP contribution in [0.1, 0.15) is 20.3 Å². The summed E-state index contributed by atoms with van der Waals surface area (Å²) in [6, 6.07) is 0.471. The van der Waals surface area contributed by atoms with E-state index in [1.807, 2.05) is 0 Å². The van der Waals surface area contributed by atoms with Crippen LogP contribution in [-0.4, -0.2) is 62.7 Å². The number of aliphatic hydroxyl groups excluding tert-OH is 1. The van der Waals surface area contributed by atoms with Crippen molar-refractivity contribution >= 4 is 0 Å². The lowest BCUT2D eigenvalue weighted by Gasteiger charge is -2.35. The minimum Gasteiger partial charge on any atom is -0.396 e. The third kappa shape index (κ3) is 3.70. The van der Waals surface area contributed by atoms with Gasteiger partial charge in [-0.05, 0) is 20.3 Å². The van der Waals surface area contributed by atoms with Crippen molar-refractivity contribution in [3.05, 3.63) is 0 Å². The monoisotopic (exact) mass is 231 g/mol. The summed E-state index contributed by atoms with van der Waals surface area (Å²) in [5, 5.41) is 9.53. The Morgan fingerprint density at radius 2 is 2.25 bits per heavy atom. The fourth-order valence-corrected chi connectivity index (χ4v) is 2.11. The molecule has 0 spiro atoms. The number of aliphatic hydroxyl groups is 1. The average Bonchev–Trinajstić information content (AvgIpc) is 2.73. The zero-order valence-corrected chi connectivity index (χ0v) is 10.7. The molecule has 1 fully saturated rings. The van der Waals surface area contributed by atoms with Gasteiger partial charge in [0.05, 0.1) is 19.8 Å². The summed E-state index contributed by atoms with van der Waals surface area (Å²) in [5.74, 6) is 0. The van der Waals surface area contributed by atoms with Gasteiger partial charge >= 0.3 is 0 Å². The largest absolute Gasteiger partial charge is 0.396 e. The first-order chi connectivity index (χ1) is 7.63. The van der Waals surface area contributed by atoms with Crippen molar-refractivity contribution in [2.24, 2.45) is 5.41 Å². The maximum atomic E-state index is 9.53. The lowest BCUT2D eigenvalue weighted by atomic mass is 9.87. The summed E-state index contributed by atoms with van der Waals surface area (Å²) in [6.07, 6.45) is 0.958. The van der Waals surface area contributed by atoms with Gasteiger partial charge < -0.3 is 14.6 Å². The van der Waals surface area contributed by atoms with E-state index in [9.17, 15) is 5.11 Å². The van der Waals surface area contributed by atoms with Gasteiger partial charge in [-0.3, -0.25) is 4.90 Å². The maximum Gasteiger partial charge on any atom is 0.0589 e. The molecule has 1 atom stereocenters. The van der Waals surface area contributed by atoms with E-state index in [1.165, 1.54) is 0 Å². The van der Waals surface area contributed by atoms with Gasteiger partial charge in [-0.2, -0.15) is 0 Å². The van der Waals surface area contributed by atoms with Gasteiger partial charge in [0.1, 0.15) is 0 Å². The fraction of sp³-hybridized carbons (Fsp3) is 1.00. The summed E-state index contributed by atoms with van der Waals surface area (Å²) in [7, 11) is 1.72. The van der Waals surface area contributed by atoms with Gasteiger partial charge in [0.2, 0.25) is 0 Å². The molecule has 0 radical (unpaired) electrons. The molecule has 96 valence electrons. The average molecular weight is 231 g/mol. The van der Waals surface area contributed by atoms with Crippen LogP contribution in [0.15, 0.2) is 0 Å². The summed E-state index contributed by atoms with van der Waals surface area (Å²) >= 11 is 0. The van der Waals surface area contributed by atoms with Gasteiger partial charge in [0.25, 0.3) is 0 Å². The predicted octanol–water partition coefficient (Wildman–Crippen LogP) is 0.742. The van der Waals surface area contributed by atoms with Crippen LogP contribution in [0.3, 0.4) is 0 Å². The summed E-state index contributed by atoms with van der Waals surface area (Å²) < 4.78 is 10.5. The van der Waals surface area contributed by atoms with Gasteiger partial charge in [-0.15, -0.1) is 0 Å². The molecule has 1 aliphatic rings. The third-order valence-electron chi connectivity index (χ3n) is 3.37. The Bertz CT molecular complexity index is 191. The summed E-state index contributed by atoms with van der Waals surface area (Å²) in [5.41, 5.74) is -0.0575. The van der Waals surface area contributed by atoms with Gasteiger partial charge in [0, 0.05) is 38.3 Å². The molecule has 1 heterocycles. The zero-order valence-electron chi connectivity index (χ0n) is 10.7. The van der Waals surface area contributed by atoms with Crippen molar-refractivity contribution in [3.8, 4) is 0 Å². The molecule has 1 rings (SSSR count). The molecule has 0 aromatic rings. The second-order valence-electron chi connectivity index (χ2n) is 5.02. The Morgan fingerprint density at radius 3 is 2.69 bits per heavy atom. The Kier molecular flexibility index (Phi) is 5.69. The molecular weight excluding hydrogens is 206 g/mol. The minimum atomic E-state index is -0.0575. The third-order valence-corrected chi connectivity index (χ3v) is 3.37. The fourth-order valence-electron chi connectivity index (χ4n) is 2.11. The van der Waals surface area contributed by atoms with Gasteiger partial charge in [-0.1, -0.05) is 0 Å². The molecule has 4 nitrogen and oxygen atoms in total. The van der Waals surface area contributed by atoms with E-state index in [0.29, 0.717) is 12.6 Å². The number of hydrogen-bond acceptors (Lipinski definition) is 4. The second kappa shape index (κ2) is 6.55. The summed E-state index contributed by atoms with van der Waals surface area (Å²) in [6.45, 7) is 8.56. The molecular formula is C12H25NO3. The van der Waals surface area contributed by atoms with Crippen molar-refractivity contribution in [2.45, 2.75) is 26.3 Å². The molecule has 0 aromatic heterocycles. The van der Waals surface area contributed by atoms with E-state index in [4.69, 9.17) is 9.47 Å². The van der Waals surface area contributed by atoms with E-state index in [-0.39, 0.29) is 12.0 Å². The van der Waals surface area contributed by atoms with E-state index < -0.39 is 0 Å². The van der Waals surface area contributed by atoms with Gasteiger partial charge in [0.15, 0.2) is 0 Å². The molecule has 0 aromatic carbocycles. The zero-order chi connectivity index (χ0) is 12.0. The van der Waals surface area contributed by atoms with Crippen LogP contribution < -0.4 is 0 Å². The Balaban J connectivity index is 2.51. The molecule has 1 saturated heterocycles. The van der Waals surface area contributed by atoms with E-state index in [0.717, 1.165) is 32.7 Å². The minimum absolute atomic E-state index is 0.0575. The van der Waals surface area contributed by atoms with Crippen molar-refractivity contribution < 1.29 is 14.6 Å². The molecule has 16 heavy (non-hydrogen) atoms. The van der Waals surface area contributed by atoms with E-state index in [2.05, 4.69) is 18.7 Å². The molecule has 0 saturated carbocycles. The molecule has 1 unspecified atom stereocenters. The first kappa shape index (κ1) is 13.9. The number of hydrogen-bond donors (Lipinski definition) is 1. The topological polar surface area (TPSA) is 41.9 Å². The smallest absolute Gasteiger partial charge is 0.0589 e. The Morgan fingerprint density at radius 1 is 1.50 bits per heavy atom. The second-order valence-corrected chi connectivity index (χ2v) is 5.02. The SMILES string of the molecule is COCCN(CC1(CO)CCOC1)C(C)C. The summed E-state index contributed by atoms with van der Waals surface area (Å²) in [4.78, 5) is 2.36. The first-order valence-electron chi connectivity index (χ1n) is 6.05. The Hall–Kier alpha value is -0.160. The van der Waals surface area contributed by atoms with Crippen molar-refractivity contribution in [3.63, 3.8) is 0 Å². The van der Waals surface area contributed by atoms with Crippen LogP contribution >= 0.6 is 0 Å². The predicted molar refractivity (Wildman–Crippen MR) is 63.5 cm³/mol. The highest BCUT2D eigenvalue weighted by Crippen LogP contribution is 2.29. The van der Waals surface area contributed by atoms with Crippen molar-refractivity contribution in [1.82, 2.24) is 4.90 Å². The maximum absolute atomic E-state index is 9.53. The normalized spacial score (nSPS) is 25.9. The lowest BCUT2D eigenvalue weighted by molar-refractivity contribution is 0.0353. The lowest BCUT2D eigenvalue weighted by Crippen LogP contribution is -2.45. The highest BCUT2D eigenvalue weighted by molar-refractivity contribution is 4.86. The van der Waals surface area contributed by atoms with Crippen LogP contribution in [-0.2, 0) is 9.47 Å². The number of methoxy groups -OCH3 is 1. The Labute approximate surface area is 98.5 Å². The number of rotatable bonds is 7. The van der Waals surface area contributed by atoms with E-state index in [1.54, 1.807) is 7.11 Å². The van der Waals surface area contributed by atoms with Crippen LogP contribution in [0.2, 0.25) is 0 Å². The number of nitrogens with zero attached hydrogens (tertiary/aromatic N) is 1. The van der Waals surface area contributed by atoms with Crippen LogP contribution in [0, 0.1) is 5.41 Å². The molecule has 0 amide bonds. The quantitative estimate of drug-likeness (QED) is 0.702. The van der Waals surface area contributed by atoms with Crippen LogP contribution in [0.5, 0.6) is 0 Å². The first-order valence-corrected chi connectivity index (χ1v) is 6.05. The molecule has 1 N–H and O–H groups in total. The van der Waals surface area contributed by atoms with Crippen molar-refractivity contribution in [1.29, 1.82) is 0 Å². The molecule has 4 heteroatoms. The van der Waals surface area contributed by atoms with E-state index >= 15 is 0 Å². The molecule has 0 aliphatic carbocycles. The highest BCUT2D eigenvalue weighted by atomic mass is 16.5. The highest BCUT2D eigenvalue weighted by Gasteiger charge is 2.36. The van der Waals surface area contributed by atoms with Crippen LogP contribution in [0.25, 0.3) is 0 Å². The standard InChI is InChI=1S/C12H25NO3/c1-11(2)13(5-7-15-3)8-12(9-14)4-6-16-10-12/h11,14H,4-10H2,1-3H3. The number of ether oxygens (including phenoxy) is 2. The van der Waals surface area contributed by atoms with Crippen LogP contribution in [0.4, 0.5) is 0 Å². The van der Waals surface area contributed by atoms with Gasteiger partial charge in [-0.25, -0.2) is 0 Å². The van der Waals surface area contributed by atoms with Crippen molar-refractivity contribution in [2.75, 3.05) is 46.6 Å².